The normalized spacial score (nSPS) is 14.2. The van der Waals surface area contributed by atoms with Crippen LogP contribution in [0.2, 0.25) is 0 Å². The van der Waals surface area contributed by atoms with Crippen molar-refractivity contribution in [2.45, 2.75) is 0 Å². The van der Waals surface area contributed by atoms with E-state index < -0.39 is 0 Å². The summed E-state index contributed by atoms with van der Waals surface area (Å²) in [5.74, 6) is 1.70. The van der Waals surface area contributed by atoms with Gasteiger partial charge in [-0.1, -0.05) is 54.6 Å². The number of carbonyl (C=O) groups is 1. The van der Waals surface area contributed by atoms with Crippen LogP contribution in [0.1, 0.15) is 11.1 Å². The van der Waals surface area contributed by atoms with Gasteiger partial charge in [0.05, 0.1) is 19.9 Å². The zero-order valence-electron chi connectivity index (χ0n) is 18.5. The van der Waals surface area contributed by atoms with E-state index >= 15 is 0 Å². The summed E-state index contributed by atoms with van der Waals surface area (Å²) in [5, 5.41) is 0. The molecule has 1 saturated heterocycles. The van der Waals surface area contributed by atoms with Crippen molar-refractivity contribution in [2.75, 3.05) is 45.3 Å². The van der Waals surface area contributed by atoms with Crippen molar-refractivity contribution in [3.05, 3.63) is 90.0 Å². The van der Waals surface area contributed by atoms with Crippen LogP contribution in [0.5, 0.6) is 11.5 Å². The predicted molar refractivity (Wildman–Crippen MR) is 129 cm³/mol. The van der Waals surface area contributed by atoms with Gasteiger partial charge in [-0.15, -0.1) is 0 Å². The lowest BCUT2D eigenvalue weighted by Gasteiger charge is -2.37. The van der Waals surface area contributed by atoms with E-state index in [1.54, 1.807) is 14.2 Å². The second-order valence-electron chi connectivity index (χ2n) is 7.65. The fourth-order valence-electron chi connectivity index (χ4n) is 3.96. The summed E-state index contributed by atoms with van der Waals surface area (Å²) in [6, 6.07) is 25.6. The summed E-state index contributed by atoms with van der Waals surface area (Å²) in [5.41, 5.74) is 3.65. The van der Waals surface area contributed by atoms with Crippen molar-refractivity contribution in [3.8, 4) is 11.5 Å². The predicted octanol–water partition coefficient (Wildman–Crippen LogP) is 4.59. The molecule has 1 aliphatic heterocycles. The van der Waals surface area contributed by atoms with E-state index in [2.05, 4.69) is 11.0 Å². The molecule has 0 spiro atoms. The molecule has 0 N–H and O–H groups in total. The minimum atomic E-state index is 0.0479. The second-order valence-corrected chi connectivity index (χ2v) is 7.65. The molecule has 4 rings (SSSR count). The molecule has 1 fully saturated rings. The van der Waals surface area contributed by atoms with Crippen LogP contribution >= 0.6 is 0 Å². The Bertz CT molecular complexity index is 1070. The zero-order valence-corrected chi connectivity index (χ0v) is 18.5. The van der Waals surface area contributed by atoms with Gasteiger partial charge in [0.15, 0.2) is 0 Å². The summed E-state index contributed by atoms with van der Waals surface area (Å²) >= 11 is 0. The SMILES string of the molecule is COc1ccc(/C=C(/C(=O)N2CCN(c3ccccc3OC)CC2)c2ccccc2)cc1. The number of rotatable bonds is 6. The molecule has 0 saturated carbocycles. The molecular formula is C27H28N2O3. The molecule has 0 aliphatic carbocycles. The highest BCUT2D eigenvalue weighted by Crippen LogP contribution is 2.29. The largest absolute Gasteiger partial charge is 0.497 e. The topological polar surface area (TPSA) is 42.0 Å². The van der Waals surface area contributed by atoms with Gasteiger partial charge < -0.3 is 19.3 Å². The highest BCUT2D eigenvalue weighted by atomic mass is 16.5. The van der Waals surface area contributed by atoms with E-state index in [4.69, 9.17) is 9.47 Å². The van der Waals surface area contributed by atoms with Crippen molar-refractivity contribution in [1.29, 1.82) is 0 Å². The molecular weight excluding hydrogens is 400 g/mol. The Labute approximate surface area is 189 Å². The molecule has 0 bridgehead atoms. The van der Waals surface area contributed by atoms with E-state index in [0.29, 0.717) is 18.7 Å². The van der Waals surface area contributed by atoms with E-state index in [0.717, 1.165) is 41.4 Å². The van der Waals surface area contributed by atoms with E-state index in [1.165, 1.54) is 0 Å². The number of para-hydroxylation sites is 2. The summed E-state index contributed by atoms with van der Waals surface area (Å²) in [4.78, 5) is 17.8. The highest BCUT2D eigenvalue weighted by Gasteiger charge is 2.25. The first-order valence-electron chi connectivity index (χ1n) is 10.8. The zero-order chi connectivity index (χ0) is 22.3. The number of nitrogens with zero attached hydrogens (tertiary/aromatic N) is 2. The maximum Gasteiger partial charge on any atom is 0.254 e. The van der Waals surface area contributed by atoms with Gasteiger partial charge in [-0.05, 0) is 41.5 Å². The van der Waals surface area contributed by atoms with Crippen molar-refractivity contribution in [3.63, 3.8) is 0 Å². The number of piperazine rings is 1. The van der Waals surface area contributed by atoms with Gasteiger partial charge in [-0.3, -0.25) is 4.79 Å². The number of amides is 1. The van der Waals surface area contributed by atoms with Crippen LogP contribution in [0, 0.1) is 0 Å². The minimum absolute atomic E-state index is 0.0479. The Morgan fingerprint density at radius 3 is 2.09 bits per heavy atom. The number of anilines is 1. The monoisotopic (exact) mass is 428 g/mol. The molecule has 3 aromatic carbocycles. The number of methoxy groups -OCH3 is 2. The Hall–Kier alpha value is -3.73. The van der Waals surface area contributed by atoms with Crippen LogP contribution in [-0.2, 0) is 4.79 Å². The van der Waals surface area contributed by atoms with E-state index in [1.807, 2.05) is 83.8 Å². The fourth-order valence-corrected chi connectivity index (χ4v) is 3.96. The summed E-state index contributed by atoms with van der Waals surface area (Å²) in [6.07, 6.45) is 1.96. The highest BCUT2D eigenvalue weighted by molar-refractivity contribution is 6.24. The molecule has 0 aromatic heterocycles. The molecule has 164 valence electrons. The lowest BCUT2D eigenvalue weighted by atomic mass is 10.0. The first-order chi connectivity index (χ1) is 15.7. The summed E-state index contributed by atoms with van der Waals surface area (Å²) in [7, 11) is 3.34. The van der Waals surface area contributed by atoms with Gasteiger partial charge in [-0.25, -0.2) is 0 Å². The molecule has 0 radical (unpaired) electrons. The number of benzene rings is 3. The van der Waals surface area contributed by atoms with Crippen LogP contribution < -0.4 is 14.4 Å². The first-order valence-corrected chi connectivity index (χ1v) is 10.8. The number of ether oxygens (including phenoxy) is 2. The molecule has 0 atom stereocenters. The first kappa shape index (κ1) is 21.5. The van der Waals surface area contributed by atoms with Gasteiger partial charge >= 0.3 is 0 Å². The van der Waals surface area contributed by atoms with E-state index in [-0.39, 0.29) is 5.91 Å². The smallest absolute Gasteiger partial charge is 0.254 e. The molecule has 0 unspecified atom stereocenters. The number of hydrogen-bond donors (Lipinski definition) is 0. The lowest BCUT2D eigenvalue weighted by Crippen LogP contribution is -2.49. The van der Waals surface area contributed by atoms with Crippen LogP contribution in [-0.4, -0.2) is 51.2 Å². The molecule has 1 aliphatic rings. The number of hydrogen-bond acceptors (Lipinski definition) is 4. The fraction of sp³-hybridized carbons (Fsp3) is 0.222. The van der Waals surface area contributed by atoms with Crippen LogP contribution in [0.15, 0.2) is 78.9 Å². The molecule has 1 heterocycles. The maximum atomic E-state index is 13.6. The second kappa shape index (κ2) is 10.1. The Kier molecular flexibility index (Phi) is 6.75. The van der Waals surface area contributed by atoms with Crippen molar-refractivity contribution < 1.29 is 14.3 Å². The van der Waals surface area contributed by atoms with Gasteiger partial charge in [0.2, 0.25) is 0 Å². The van der Waals surface area contributed by atoms with E-state index in [9.17, 15) is 4.79 Å². The minimum Gasteiger partial charge on any atom is -0.497 e. The van der Waals surface area contributed by atoms with Crippen molar-refractivity contribution >= 4 is 23.2 Å². The van der Waals surface area contributed by atoms with Crippen LogP contribution in [0.25, 0.3) is 11.6 Å². The average Bonchev–Trinajstić information content (AvgIpc) is 2.88. The van der Waals surface area contributed by atoms with Gasteiger partial charge in [0.1, 0.15) is 11.5 Å². The summed E-state index contributed by atoms with van der Waals surface area (Å²) < 4.78 is 10.8. The van der Waals surface area contributed by atoms with Gasteiger partial charge in [-0.2, -0.15) is 0 Å². The summed E-state index contributed by atoms with van der Waals surface area (Å²) in [6.45, 7) is 2.83. The van der Waals surface area contributed by atoms with Crippen molar-refractivity contribution in [2.24, 2.45) is 0 Å². The lowest BCUT2D eigenvalue weighted by molar-refractivity contribution is -0.125. The Morgan fingerprint density at radius 2 is 1.44 bits per heavy atom. The van der Waals surface area contributed by atoms with Gasteiger partial charge in [0, 0.05) is 31.8 Å². The average molecular weight is 429 g/mol. The quantitative estimate of drug-likeness (QED) is 0.425. The standard InChI is InChI=1S/C27H28N2O3/c1-31-23-14-12-21(13-15-23)20-24(22-8-4-3-5-9-22)27(30)29-18-16-28(17-19-29)25-10-6-7-11-26(25)32-2/h3-15,20H,16-19H2,1-2H3/b24-20+. The molecule has 32 heavy (non-hydrogen) atoms. The van der Waals surface area contributed by atoms with Crippen LogP contribution in [0.4, 0.5) is 5.69 Å². The molecule has 1 amide bonds. The molecule has 5 heteroatoms. The third-order valence-corrected chi connectivity index (χ3v) is 5.73. The Balaban J connectivity index is 1.55. The van der Waals surface area contributed by atoms with Gasteiger partial charge in [0.25, 0.3) is 5.91 Å². The number of carbonyl (C=O) groups excluding carboxylic acids is 1. The third-order valence-electron chi connectivity index (χ3n) is 5.73. The molecule has 5 nitrogen and oxygen atoms in total. The molecule has 3 aromatic rings. The maximum absolute atomic E-state index is 13.6. The third kappa shape index (κ3) is 4.78. The Morgan fingerprint density at radius 1 is 0.781 bits per heavy atom. The van der Waals surface area contributed by atoms with Crippen molar-refractivity contribution in [1.82, 2.24) is 4.90 Å². The van der Waals surface area contributed by atoms with Crippen LogP contribution in [0.3, 0.4) is 0 Å².